The Morgan fingerprint density at radius 1 is 0.969 bits per heavy atom. The van der Waals surface area contributed by atoms with Gasteiger partial charge < -0.3 is 16.0 Å². The largest absolute Gasteiger partial charge is 0.334 e. The molecule has 3 amide bonds. The Morgan fingerprint density at radius 3 is 2.34 bits per heavy atom. The van der Waals surface area contributed by atoms with E-state index in [0.717, 1.165) is 4.88 Å². The van der Waals surface area contributed by atoms with E-state index in [0.29, 0.717) is 17.9 Å². The van der Waals surface area contributed by atoms with E-state index in [-0.39, 0.29) is 23.0 Å². The molecule has 0 aliphatic carbocycles. The molecule has 0 saturated carbocycles. The van der Waals surface area contributed by atoms with Crippen LogP contribution in [-0.2, 0) is 16.6 Å². The van der Waals surface area contributed by atoms with E-state index in [1.54, 1.807) is 30.3 Å². The topological polar surface area (TPSA) is 116 Å². The van der Waals surface area contributed by atoms with Crippen molar-refractivity contribution in [1.82, 2.24) is 10.0 Å². The van der Waals surface area contributed by atoms with E-state index in [1.165, 1.54) is 35.6 Å². The summed E-state index contributed by atoms with van der Waals surface area (Å²) in [6, 6.07) is 15.7. The van der Waals surface area contributed by atoms with Gasteiger partial charge in [-0.3, -0.25) is 4.79 Å². The summed E-state index contributed by atoms with van der Waals surface area (Å²) in [6.07, 6.45) is 1.57. The van der Waals surface area contributed by atoms with Gasteiger partial charge in [-0.05, 0) is 53.9 Å². The third kappa shape index (κ3) is 6.51. The van der Waals surface area contributed by atoms with Gasteiger partial charge in [-0.2, -0.15) is 0 Å². The molecule has 32 heavy (non-hydrogen) atoms. The van der Waals surface area contributed by atoms with Gasteiger partial charge in [-0.1, -0.05) is 18.2 Å². The highest BCUT2D eigenvalue weighted by Crippen LogP contribution is 2.17. The number of hydrogen-bond acceptors (Lipinski definition) is 5. The van der Waals surface area contributed by atoms with Gasteiger partial charge in [0.15, 0.2) is 0 Å². The molecule has 0 bridgehead atoms. The van der Waals surface area contributed by atoms with Crippen LogP contribution in [0.15, 0.2) is 83.6 Å². The SMILES string of the molecule is C=CCNC(=O)Nc1ccc(NC(=O)c2cccc(S(=O)(=O)NCc3cccs3)c2)cc1. The fourth-order valence-electron chi connectivity index (χ4n) is 2.65. The molecule has 4 N–H and O–H groups in total. The number of anilines is 2. The van der Waals surface area contributed by atoms with Crippen LogP contribution in [0.4, 0.5) is 16.2 Å². The fraction of sp³-hybridized carbons (Fsp3) is 0.0909. The maximum atomic E-state index is 12.6. The van der Waals surface area contributed by atoms with E-state index in [9.17, 15) is 18.0 Å². The van der Waals surface area contributed by atoms with Crippen LogP contribution in [0.5, 0.6) is 0 Å². The van der Waals surface area contributed by atoms with Crippen molar-refractivity contribution in [3.63, 3.8) is 0 Å². The van der Waals surface area contributed by atoms with Gasteiger partial charge in [0.25, 0.3) is 5.91 Å². The summed E-state index contributed by atoms with van der Waals surface area (Å²) in [4.78, 5) is 25.2. The van der Waals surface area contributed by atoms with Crippen LogP contribution in [0, 0.1) is 0 Å². The van der Waals surface area contributed by atoms with Gasteiger partial charge in [0.2, 0.25) is 10.0 Å². The van der Waals surface area contributed by atoms with Crippen molar-refractivity contribution >= 4 is 44.7 Å². The predicted octanol–water partition coefficient (Wildman–Crippen LogP) is 3.79. The maximum absolute atomic E-state index is 12.6. The minimum atomic E-state index is -3.76. The third-order valence-electron chi connectivity index (χ3n) is 4.23. The second-order valence-corrected chi connectivity index (χ2v) is 9.39. The molecule has 0 saturated heterocycles. The van der Waals surface area contributed by atoms with Crippen molar-refractivity contribution in [2.75, 3.05) is 17.2 Å². The molecule has 0 radical (unpaired) electrons. The standard InChI is InChI=1S/C22H22N4O4S2/c1-2-12-23-22(28)26-18-10-8-17(9-11-18)25-21(27)16-5-3-7-20(14-16)32(29,30)24-15-19-6-4-13-31-19/h2-11,13-14,24H,1,12,15H2,(H,25,27)(H2,23,26,28). The first kappa shape index (κ1) is 23.2. The molecule has 0 aliphatic heterocycles. The van der Waals surface area contributed by atoms with Crippen LogP contribution < -0.4 is 20.7 Å². The van der Waals surface area contributed by atoms with Gasteiger partial charge in [-0.25, -0.2) is 17.9 Å². The minimum absolute atomic E-state index is 0.00629. The monoisotopic (exact) mass is 470 g/mol. The number of nitrogens with one attached hydrogen (secondary N) is 4. The highest BCUT2D eigenvalue weighted by Gasteiger charge is 2.16. The van der Waals surface area contributed by atoms with Crippen LogP contribution in [0.1, 0.15) is 15.2 Å². The number of amides is 3. The van der Waals surface area contributed by atoms with E-state index in [4.69, 9.17) is 0 Å². The van der Waals surface area contributed by atoms with Crippen molar-refractivity contribution in [3.05, 3.63) is 89.1 Å². The van der Waals surface area contributed by atoms with E-state index < -0.39 is 15.9 Å². The molecular weight excluding hydrogens is 448 g/mol. The Labute approximate surface area is 190 Å². The van der Waals surface area contributed by atoms with E-state index in [2.05, 4.69) is 27.3 Å². The summed E-state index contributed by atoms with van der Waals surface area (Å²) in [5, 5.41) is 9.83. The van der Waals surface area contributed by atoms with Crippen LogP contribution in [-0.4, -0.2) is 26.9 Å². The lowest BCUT2D eigenvalue weighted by Crippen LogP contribution is -2.28. The smallest absolute Gasteiger partial charge is 0.319 e. The molecular formula is C22H22N4O4S2. The van der Waals surface area contributed by atoms with Gasteiger partial charge in [0.05, 0.1) is 4.90 Å². The summed E-state index contributed by atoms with van der Waals surface area (Å²) in [6.45, 7) is 4.05. The number of carbonyl (C=O) groups excluding carboxylic acids is 2. The number of urea groups is 1. The number of hydrogen-bond donors (Lipinski definition) is 4. The van der Waals surface area contributed by atoms with Crippen LogP contribution in [0.25, 0.3) is 0 Å². The fourth-order valence-corrected chi connectivity index (χ4v) is 4.44. The van der Waals surface area contributed by atoms with Crippen molar-refractivity contribution < 1.29 is 18.0 Å². The summed E-state index contributed by atoms with van der Waals surface area (Å²) in [5.41, 5.74) is 1.25. The van der Waals surface area contributed by atoms with Crippen molar-refractivity contribution in [2.45, 2.75) is 11.4 Å². The number of sulfonamides is 1. The average molecular weight is 471 g/mol. The normalized spacial score (nSPS) is 10.9. The zero-order valence-electron chi connectivity index (χ0n) is 17.0. The highest BCUT2D eigenvalue weighted by molar-refractivity contribution is 7.89. The molecule has 0 aliphatic rings. The number of benzene rings is 2. The molecule has 2 aromatic carbocycles. The number of rotatable bonds is 9. The molecule has 0 atom stereocenters. The first-order chi connectivity index (χ1) is 15.4. The molecule has 0 fully saturated rings. The van der Waals surface area contributed by atoms with Crippen LogP contribution in [0.2, 0.25) is 0 Å². The van der Waals surface area contributed by atoms with Gasteiger partial charge in [-0.15, -0.1) is 17.9 Å². The van der Waals surface area contributed by atoms with Crippen LogP contribution >= 0.6 is 11.3 Å². The minimum Gasteiger partial charge on any atom is -0.334 e. The maximum Gasteiger partial charge on any atom is 0.319 e. The molecule has 8 nitrogen and oxygen atoms in total. The van der Waals surface area contributed by atoms with Gasteiger partial charge in [0.1, 0.15) is 0 Å². The van der Waals surface area contributed by atoms with Crippen molar-refractivity contribution in [2.24, 2.45) is 0 Å². The van der Waals surface area contributed by atoms with Gasteiger partial charge in [0, 0.05) is 34.9 Å². The molecule has 1 heterocycles. The summed E-state index contributed by atoms with van der Waals surface area (Å²) in [5.74, 6) is -0.454. The second kappa shape index (κ2) is 10.7. The van der Waals surface area contributed by atoms with E-state index >= 15 is 0 Å². The molecule has 10 heteroatoms. The Balaban J connectivity index is 1.63. The lowest BCUT2D eigenvalue weighted by atomic mass is 10.2. The lowest BCUT2D eigenvalue weighted by molar-refractivity contribution is 0.102. The first-order valence-electron chi connectivity index (χ1n) is 9.56. The molecule has 0 unspecified atom stereocenters. The Morgan fingerprint density at radius 2 is 1.69 bits per heavy atom. The quantitative estimate of drug-likeness (QED) is 0.356. The molecule has 3 rings (SSSR count). The van der Waals surface area contributed by atoms with E-state index in [1.807, 2.05) is 17.5 Å². The summed E-state index contributed by atoms with van der Waals surface area (Å²) in [7, 11) is -3.76. The first-order valence-corrected chi connectivity index (χ1v) is 11.9. The lowest BCUT2D eigenvalue weighted by Gasteiger charge is -2.10. The van der Waals surface area contributed by atoms with Crippen molar-refractivity contribution in [1.29, 1.82) is 0 Å². The second-order valence-electron chi connectivity index (χ2n) is 6.59. The van der Waals surface area contributed by atoms with Gasteiger partial charge >= 0.3 is 6.03 Å². The molecule has 3 aromatic rings. The summed E-state index contributed by atoms with van der Waals surface area (Å²) < 4.78 is 27.7. The zero-order valence-corrected chi connectivity index (χ0v) is 18.6. The number of thiophene rings is 1. The Bertz CT molecular complexity index is 1190. The zero-order chi connectivity index (χ0) is 23.0. The predicted molar refractivity (Wildman–Crippen MR) is 126 cm³/mol. The Kier molecular flexibility index (Phi) is 7.77. The third-order valence-corrected chi connectivity index (χ3v) is 6.51. The molecule has 166 valence electrons. The highest BCUT2D eigenvalue weighted by atomic mass is 32.2. The summed E-state index contributed by atoms with van der Waals surface area (Å²) >= 11 is 1.45. The van der Waals surface area contributed by atoms with Crippen LogP contribution in [0.3, 0.4) is 0 Å². The molecule has 0 spiro atoms. The molecule has 1 aromatic heterocycles. The average Bonchev–Trinajstić information content (AvgIpc) is 3.32. The number of carbonyl (C=O) groups is 2. The Hall–Kier alpha value is -3.47. The van der Waals surface area contributed by atoms with Crippen molar-refractivity contribution in [3.8, 4) is 0 Å².